The average molecular weight is 283 g/mol. The van der Waals surface area contributed by atoms with Crippen molar-refractivity contribution in [3.63, 3.8) is 0 Å². The number of ether oxygens (including phenoxy) is 1. The van der Waals surface area contributed by atoms with Crippen molar-refractivity contribution in [3.8, 4) is 5.75 Å². The van der Waals surface area contributed by atoms with Gasteiger partial charge in [0.25, 0.3) is 0 Å². The second-order valence-corrected chi connectivity index (χ2v) is 6.00. The van der Waals surface area contributed by atoms with Gasteiger partial charge in [-0.3, -0.25) is 0 Å². The lowest BCUT2D eigenvalue weighted by Gasteiger charge is -2.35. The van der Waals surface area contributed by atoms with Crippen molar-refractivity contribution >= 4 is 0 Å². The Morgan fingerprint density at radius 1 is 1.10 bits per heavy atom. The molecule has 0 amide bonds. The molecule has 0 saturated heterocycles. The molecular weight excluding hydrogens is 260 g/mol. The Bertz CT molecular complexity index is 421. The second-order valence-electron chi connectivity index (χ2n) is 6.00. The van der Waals surface area contributed by atoms with E-state index in [4.69, 9.17) is 5.73 Å². The molecule has 0 bridgehead atoms. The van der Waals surface area contributed by atoms with Crippen LogP contribution in [0.5, 0.6) is 5.75 Å². The molecule has 0 spiro atoms. The van der Waals surface area contributed by atoms with E-state index in [0.29, 0.717) is 11.8 Å². The molecular formula is C16H23F2NO. The number of hydrogen-bond donors (Lipinski definition) is 1. The third kappa shape index (κ3) is 3.69. The summed E-state index contributed by atoms with van der Waals surface area (Å²) < 4.78 is 28.6. The first-order chi connectivity index (χ1) is 9.47. The summed E-state index contributed by atoms with van der Waals surface area (Å²) in [6.07, 6.45) is 3.49. The van der Waals surface area contributed by atoms with Crippen molar-refractivity contribution in [2.45, 2.75) is 45.8 Å². The van der Waals surface area contributed by atoms with Gasteiger partial charge in [-0.05, 0) is 48.3 Å². The minimum atomic E-state index is -2.78. The zero-order chi connectivity index (χ0) is 14.7. The van der Waals surface area contributed by atoms with Crippen molar-refractivity contribution in [1.82, 2.24) is 0 Å². The van der Waals surface area contributed by atoms with E-state index in [-0.39, 0.29) is 11.8 Å². The number of hydrogen-bond acceptors (Lipinski definition) is 2. The molecule has 1 aliphatic rings. The summed E-state index contributed by atoms with van der Waals surface area (Å²) in [6.45, 7) is 1.79. The fourth-order valence-corrected chi connectivity index (χ4v) is 3.06. The first-order valence-electron chi connectivity index (χ1n) is 7.27. The summed E-state index contributed by atoms with van der Waals surface area (Å²) in [5.74, 6) is 2.12. The smallest absolute Gasteiger partial charge is 0.387 e. The topological polar surface area (TPSA) is 35.2 Å². The van der Waals surface area contributed by atoms with E-state index in [1.807, 2.05) is 0 Å². The third-order valence-electron chi connectivity index (χ3n) is 4.64. The van der Waals surface area contributed by atoms with Gasteiger partial charge in [-0.25, -0.2) is 0 Å². The minimum absolute atomic E-state index is 0.0226. The van der Waals surface area contributed by atoms with Gasteiger partial charge in [-0.15, -0.1) is 0 Å². The van der Waals surface area contributed by atoms with E-state index >= 15 is 0 Å². The van der Waals surface area contributed by atoms with E-state index in [9.17, 15) is 8.78 Å². The lowest BCUT2D eigenvalue weighted by atomic mass is 9.72. The van der Waals surface area contributed by atoms with Crippen molar-refractivity contribution in [2.75, 3.05) is 0 Å². The Hall–Kier alpha value is -1.16. The molecule has 0 radical (unpaired) electrons. The number of alkyl halides is 2. The Morgan fingerprint density at radius 2 is 1.75 bits per heavy atom. The van der Waals surface area contributed by atoms with Crippen LogP contribution in [0.4, 0.5) is 8.78 Å². The first-order valence-corrected chi connectivity index (χ1v) is 7.27. The van der Waals surface area contributed by atoms with Crippen LogP contribution >= 0.6 is 0 Å². The van der Waals surface area contributed by atoms with E-state index in [0.717, 1.165) is 24.3 Å². The van der Waals surface area contributed by atoms with Crippen LogP contribution in [0.1, 0.15) is 44.7 Å². The van der Waals surface area contributed by atoms with Crippen molar-refractivity contribution < 1.29 is 13.5 Å². The van der Waals surface area contributed by atoms with E-state index in [2.05, 4.69) is 18.6 Å². The van der Waals surface area contributed by atoms with Crippen LogP contribution in [0, 0.1) is 17.8 Å². The highest BCUT2D eigenvalue weighted by atomic mass is 19.3. The normalized spacial score (nSPS) is 28.4. The van der Waals surface area contributed by atoms with Crippen LogP contribution < -0.4 is 10.5 Å². The van der Waals surface area contributed by atoms with Crippen LogP contribution in [0.15, 0.2) is 24.3 Å². The fraction of sp³-hybridized carbons (Fsp3) is 0.625. The summed E-state index contributed by atoms with van der Waals surface area (Å²) in [7, 11) is 0. The standard InChI is InChI=1S/C16H23F2NO/c1-10-3-4-13(9-11(10)2)15(19)12-5-7-14(8-6-12)20-16(17)18/h5-8,10-11,13,15-16H,3-4,9,19H2,1-2H3. The Kier molecular flexibility index (Phi) is 4.97. The Balaban J connectivity index is 2.00. The summed E-state index contributed by atoms with van der Waals surface area (Å²) in [5, 5.41) is 0. The molecule has 4 heteroatoms. The molecule has 0 heterocycles. The molecule has 1 fully saturated rings. The molecule has 2 nitrogen and oxygen atoms in total. The second kappa shape index (κ2) is 6.53. The predicted molar refractivity (Wildman–Crippen MR) is 75.7 cm³/mol. The maximum Gasteiger partial charge on any atom is 0.387 e. The summed E-state index contributed by atoms with van der Waals surface area (Å²) in [4.78, 5) is 0. The quantitative estimate of drug-likeness (QED) is 0.891. The van der Waals surface area contributed by atoms with Gasteiger partial charge in [0, 0.05) is 6.04 Å². The summed E-state index contributed by atoms with van der Waals surface area (Å²) in [6, 6.07) is 6.70. The van der Waals surface area contributed by atoms with Gasteiger partial charge < -0.3 is 10.5 Å². The Morgan fingerprint density at radius 3 is 2.30 bits per heavy atom. The average Bonchev–Trinajstić information content (AvgIpc) is 2.41. The van der Waals surface area contributed by atoms with Crippen LogP contribution in [0.25, 0.3) is 0 Å². The maximum atomic E-state index is 12.1. The van der Waals surface area contributed by atoms with E-state index in [1.165, 1.54) is 6.42 Å². The zero-order valence-corrected chi connectivity index (χ0v) is 12.1. The zero-order valence-electron chi connectivity index (χ0n) is 12.1. The van der Waals surface area contributed by atoms with Crippen molar-refractivity contribution in [3.05, 3.63) is 29.8 Å². The van der Waals surface area contributed by atoms with E-state index < -0.39 is 6.61 Å². The monoisotopic (exact) mass is 283 g/mol. The highest BCUT2D eigenvalue weighted by Crippen LogP contribution is 2.39. The van der Waals surface area contributed by atoms with Crippen LogP contribution in [-0.2, 0) is 0 Å². The summed E-state index contributed by atoms with van der Waals surface area (Å²) in [5.41, 5.74) is 7.34. The highest BCUT2D eigenvalue weighted by Gasteiger charge is 2.29. The molecule has 0 aromatic heterocycles. The van der Waals surface area contributed by atoms with E-state index in [1.54, 1.807) is 24.3 Å². The Labute approximate surface area is 119 Å². The molecule has 1 aromatic carbocycles. The van der Waals surface area contributed by atoms with Crippen LogP contribution in [-0.4, -0.2) is 6.61 Å². The molecule has 1 saturated carbocycles. The predicted octanol–water partition coefficient (Wildman–Crippen LogP) is 4.36. The largest absolute Gasteiger partial charge is 0.435 e. The maximum absolute atomic E-state index is 12.1. The number of benzene rings is 1. The SMILES string of the molecule is CC1CCC(C(N)c2ccc(OC(F)F)cc2)CC1C. The minimum Gasteiger partial charge on any atom is -0.435 e. The molecule has 0 aliphatic heterocycles. The van der Waals surface area contributed by atoms with Gasteiger partial charge >= 0.3 is 6.61 Å². The van der Waals surface area contributed by atoms with Gasteiger partial charge in [0.1, 0.15) is 5.75 Å². The molecule has 4 unspecified atom stereocenters. The number of rotatable bonds is 4. The lowest BCUT2D eigenvalue weighted by Crippen LogP contribution is -2.29. The highest BCUT2D eigenvalue weighted by molar-refractivity contribution is 5.29. The lowest BCUT2D eigenvalue weighted by molar-refractivity contribution is -0.0498. The van der Waals surface area contributed by atoms with Gasteiger partial charge in [-0.1, -0.05) is 32.4 Å². The fourth-order valence-electron chi connectivity index (χ4n) is 3.06. The van der Waals surface area contributed by atoms with Gasteiger partial charge in [0.15, 0.2) is 0 Å². The molecule has 1 aliphatic carbocycles. The summed E-state index contributed by atoms with van der Waals surface area (Å²) >= 11 is 0. The van der Waals surface area contributed by atoms with Gasteiger partial charge in [0.2, 0.25) is 0 Å². The first kappa shape index (κ1) is 15.2. The molecule has 2 N–H and O–H groups in total. The number of halogens is 2. The van der Waals surface area contributed by atoms with Crippen LogP contribution in [0.3, 0.4) is 0 Å². The molecule has 2 rings (SSSR count). The molecule has 4 atom stereocenters. The third-order valence-corrected chi connectivity index (χ3v) is 4.64. The number of nitrogens with two attached hydrogens (primary N) is 1. The molecule has 1 aromatic rings. The van der Waals surface area contributed by atoms with Crippen molar-refractivity contribution in [2.24, 2.45) is 23.5 Å². The van der Waals surface area contributed by atoms with Gasteiger partial charge in [-0.2, -0.15) is 8.78 Å². The molecule has 20 heavy (non-hydrogen) atoms. The van der Waals surface area contributed by atoms with Crippen LogP contribution in [0.2, 0.25) is 0 Å². The molecule has 112 valence electrons. The van der Waals surface area contributed by atoms with Gasteiger partial charge in [0.05, 0.1) is 0 Å². The van der Waals surface area contributed by atoms with Crippen molar-refractivity contribution in [1.29, 1.82) is 0 Å².